The van der Waals surface area contributed by atoms with E-state index in [1.807, 2.05) is 30.0 Å². The fraction of sp³-hybridized carbons (Fsp3) is 0.591. The Balaban J connectivity index is 1.66. The van der Waals surface area contributed by atoms with Crippen molar-refractivity contribution in [3.05, 3.63) is 35.9 Å². The van der Waals surface area contributed by atoms with E-state index in [2.05, 4.69) is 5.32 Å². The fourth-order valence-electron chi connectivity index (χ4n) is 4.41. The van der Waals surface area contributed by atoms with Crippen LogP contribution in [0.25, 0.3) is 0 Å². The maximum Gasteiger partial charge on any atom is 0.307 e. The summed E-state index contributed by atoms with van der Waals surface area (Å²) in [6.45, 7) is 2.58. The molecule has 6 nitrogen and oxygen atoms in total. The number of fused-ring (bicyclic) bond motifs is 1. The highest BCUT2D eigenvalue weighted by atomic mass is 16.5. The van der Waals surface area contributed by atoms with Gasteiger partial charge in [-0.1, -0.05) is 38.0 Å². The van der Waals surface area contributed by atoms with Crippen LogP contribution in [-0.4, -0.2) is 47.9 Å². The Labute approximate surface area is 166 Å². The second-order valence-corrected chi connectivity index (χ2v) is 7.70. The number of nitrogens with one attached hydrogen (secondary N) is 1. The first-order chi connectivity index (χ1) is 13.6. The van der Waals surface area contributed by atoms with Gasteiger partial charge in [0, 0.05) is 18.2 Å². The van der Waals surface area contributed by atoms with Gasteiger partial charge in [-0.15, -0.1) is 0 Å². The van der Waals surface area contributed by atoms with Crippen molar-refractivity contribution >= 4 is 17.8 Å². The number of amides is 2. The summed E-state index contributed by atoms with van der Waals surface area (Å²) in [5.41, 5.74) is 0.620. The normalized spacial score (nSPS) is 23.8. The van der Waals surface area contributed by atoms with Crippen molar-refractivity contribution in [2.75, 3.05) is 13.2 Å². The van der Waals surface area contributed by atoms with Crippen molar-refractivity contribution in [3.63, 3.8) is 0 Å². The number of benzene rings is 1. The number of hydrogen-bond acceptors (Lipinski definition) is 4. The number of carbonyl (C=O) groups excluding carboxylic acids is 3. The average molecular weight is 386 g/mol. The van der Waals surface area contributed by atoms with Crippen LogP contribution in [0.15, 0.2) is 30.3 Å². The minimum atomic E-state index is -0.465. The number of esters is 1. The lowest BCUT2D eigenvalue weighted by molar-refractivity contribution is -0.143. The van der Waals surface area contributed by atoms with E-state index in [9.17, 15) is 14.4 Å². The van der Waals surface area contributed by atoms with Gasteiger partial charge in [-0.2, -0.15) is 0 Å². The highest BCUT2D eigenvalue weighted by Crippen LogP contribution is 2.40. The van der Waals surface area contributed by atoms with Crippen LogP contribution in [0.5, 0.6) is 0 Å². The molecule has 0 radical (unpaired) electrons. The second kappa shape index (κ2) is 9.71. The molecule has 3 unspecified atom stereocenters. The van der Waals surface area contributed by atoms with Gasteiger partial charge in [0.25, 0.3) is 5.91 Å². The lowest BCUT2D eigenvalue weighted by atomic mass is 9.84. The van der Waals surface area contributed by atoms with Gasteiger partial charge < -0.3 is 15.0 Å². The van der Waals surface area contributed by atoms with Crippen LogP contribution in [-0.2, 0) is 14.3 Å². The first-order valence-electron chi connectivity index (χ1n) is 10.4. The van der Waals surface area contributed by atoms with E-state index in [0.29, 0.717) is 24.5 Å². The first-order valence-corrected chi connectivity index (χ1v) is 10.4. The number of nitrogens with zero attached hydrogens (tertiary/aromatic N) is 1. The zero-order valence-electron chi connectivity index (χ0n) is 16.6. The van der Waals surface area contributed by atoms with Crippen LogP contribution in [0.4, 0.5) is 0 Å². The first kappa shape index (κ1) is 20.4. The van der Waals surface area contributed by atoms with Crippen molar-refractivity contribution in [2.24, 2.45) is 5.92 Å². The number of rotatable bonds is 7. The van der Waals surface area contributed by atoms with Crippen LogP contribution in [0.2, 0.25) is 0 Å². The van der Waals surface area contributed by atoms with Crippen LogP contribution >= 0.6 is 0 Å². The minimum Gasteiger partial charge on any atom is -0.466 e. The van der Waals surface area contributed by atoms with E-state index in [0.717, 1.165) is 32.1 Å². The maximum absolute atomic E-state index is 13.2. The number of likely N-dealkylation sites (tertiary alicyclic amines) is 1. The Kier molecular flexibility index (Phi) is 7.06. The van der Waals surface area contributed by atoms with Crippen molar-refractivity contribution in [1.82, 2.24) is 10.2 Å². The van der Waals surface area contributed by atoms with Gasteiger partial charge in [0.1, 0.15) is 6.04 Å². The van der Waals surface area contributed by atoms with Crippen molar-refractivity contribution in [3.8, 4) is 0 Å². The molecule has 152 valence electrons. The molecule has 1 saturated heterocycles. The molecule has 3 atom stereocenters. The average Bonchev–Trinajstić information content (AvgIpc) is 3.12. The molecule has 1 aromatic rings. The summed E-state index contributed by atoms with van der Waals surface area (Å²) in [4.78, 5) is 39.5. The zero-order chi connectivity index (χ0) is 19.9. The maximum atomic E-state index is 13.2. The molecule has 1 aliphatic carbocycles. The van der Waals surface area contributed by atoms with E-state index in [1.54, 1.807) is 12.1 Å². The topological polar surface area (TPSA) is 75.7 Å². The highest BCUT2D eigenvalue weighted by Gasteiger charge is 2.47. The van der Waals surface area contributed by atoms with Crippen molar-refractivity contribution in [2.45, 2.75) is 64.0 Å². The van der Waals surface area contributed by atoms with E-state index in [-0.39, 0.29) is 36.8 Å². The second-order valence-electron chi connectivity index (χ2n) is 7.70. The molecule has 1 aromatic carbocycles. The third-order valence-corrected chi connectivity index (χ3v) is 5.74. The lowest BCUT2D eigenvalue weighted by Gasteiger charge is -2.33. The van der Waals surface area contributed by atoms with Crippen LogP contribution in [0.3, 0.4) is 0 Å². The zero-order valence-corrected chi connectivity index (χ0v) is 16.6. The van der Waals surface area contributed by atoms with Gasteiger partial charge in [-0.25, -0.2) is 0 Å². The van der Waals surface area contributed by atoms with Gasteiger partial charge >= 0.3 is 5.97 Å². The van der Waals surface area contributed by atoms with E-state index in [1.165, 1.54) is 0 Å². The van der Waals surface area contributed by atoms with E-state index in [4.69, 9.17) is 4.74 Å². The molecule has 28 heavy (non-hydrogen) atoms. The van der Waals surface area contributed by atoms with Crippen molar-refractivity contribution < 1.29 is 19.1 Å². The van der Waals surface area contributed by atoms with Gasteiger partial charge in [0.05, 0.1) is 13.0 Å². The predicted molar refractivity (Wildman–Crippen MR) is 106 cm³/mol. The summed E-state index contributed by atoms with van der Waals surface area (Å²) in [7, 11) is 0. The molecular formula is C22H30N2O4. The molecule has 0 aromatic heterocycles. The van der Waals surface area contributed by atoms with E-state index >= 15 is 0 Å². The molecule has 1 N–H and O–H groups in total. The molecule has 2 fully saturated rings. The summed E-state index contributed by atoms with van der Waals surface area (Å²) in [5, 5.41) is 2.84. The third-order valence-electron chi connectivity index (χ3n) is 5.74. The Bertz CT molecular complexity index is 691. The molecule has 2 aliphatic rings. The van der Waals surface area contributed by atoms with Gasteiger partial charge in [-0.3, -0.25) is 14.4 Å². The minimum absolute atomic E-state index is 0.0718. The molecule has 6 heteroatoms. The summed E-state index contributed by atoms with van der Waals surface area (Å²) in [6, 6.07) is 8.84. The van der Waals surface area contributed by atoms with Crippen LogP contribution < -0.4 is 5.32 Å². The number of carbonyl (C=O) groups is 3. The number of hydrogen-bond donors (Lipinski definition) is 1. The summed E-state index contributed by atoms with van der Waals surface area (Å²) in [5.74, 6) is -0.161. The lowest BCUT2D eigenvalue weighted by Crippen LogP contribution is -2.49. The van der Waals surface area contributed by atoms with Gasteiger partial charge in [0.2, 0.25) is 5.91 Å². The monoisotopic (exact) mass is 386 g/mol. The van der Waals surface area contributed by atoms with Gasteiger partial charge in [-0.05, 0) is 43.7 Å². The van der Waals surface area contributed by atoms with E-state index < -0.39 is 6.04 Å². The third kappa shape index (κ3) is 4.72. The summed E-state index contributed by atoms with van der Waals surface area (Å²) >= 11 is 0. The molecule has 1 heterocycles. The van der Waals surface area contributed by atoms with Crippen molar-refractivity contribution in [1.29, 1.82) is 0 Å². The van der Waals surface area contributed by atoms with Gasteiger partial charge in [0.15, 0.2) is 0 Å². The van der Waals surface area contributed by atoms with Crippen LogP contribution in [0.1, 0.15) is 62.2 Å². The fourth-order valence-corrected chi connectivity index (χ4v) is 4.41. The summed E-state index contributed by atoms with van der Waals surface area (Å²) < 4.78 is 5.04. The van der Waals surface area contributed by atoms with Crippen LogP contribution in [0, 0.1) is 5.92 Å². The molecule has 1 aliphatic heterocycles. The molecule has 3 rings (SSSR count). The molecule has 1 saturated carbocycles. The highest BCUT2D eigenvalue weighted by molar-refractivity contribution is 5.98. The Hall–Kier alpha value is -2.37. The predicted octanol–water partition coefficient (Wildman–Crippen LogP) is 2.92. The standard InChI is InChI=1S/C22H30N2O4/c1-2-14-28-20(25)12-13-23-21(26)19-15-17-10-6-7-11-18(17)24(19)22(27)16-8-4-3-5-9-16/h3-5,8-9,17-19H,2,6-7,10-15H2,1H3,(H,23,26). The Morgan fingerprint density at radius 3 is 2.64 bits per heavy atom. The summed E-state index contributed by atoms with van der Waals surface area (Å²) in [6.07, 6.45) is 5.91. The number of ether oxygens (including phenoxy) is 1. The Morgan fingerprint density at radius 1 is 1.14 bits per heavy atom. The smallest absolute Gasteiger partial charge is 0.307 e. The Morgan fingerprint density at radius 2 is 1.89 bits per heavy atom. The molecule has 0 spiro atoms. The SMILES string of the molecule is CCCOC(=O)CCNC(=O)C1CC2CCCCC2N1C(=O)c1ccccc1. The molecular weight excluding hydrogens is 356 g/mol. The molecule has 2 amide bonds. The largest absolute Gasteiger partial charge is 0.466 e. The quantitative estimate of drug-likeness (QED) is 0.731. The molecule has 0 bridgehead atoms.